The monoisotopic (exact) mass is 601 g/mol. The van der Waals surface area contributed by atoms with Crippen LogP contribution in [0, 0.1) is 0 Å². The summed E-state index contributed by atoms with van der Waals surface area (Å²) >= 11 is 2.77. The summed E-state index contributed by atoms with van der Waals surface area (Å²) in [4.78, 5) is 54.9. The van der Waals surface area contributed by atoms with E-state index in [2.05, 4.69) is 10.6 Å². The van der Waals surface area contributed by atoms with Gasteiger partial charge in [0, 0.05) is 17.1 Å². The van der Waals surface area contributed by atoms with Gasteiger partial charge in [-0.05, 0) is 29.7 Å². The molecule has 0 bridgehead atoms. The van der Waals surface area contributed by atoms with Gasteiger partial charge in [0.25, 0.3) is 5.91 Å². The Bertz CT molecular complexity index is 1430. The maximum absolute atomic E-state index is 13.9. The van der Waals surface area contributed by atoms with Crippen molar-refractivity contribution in [2.24, 2.45) is 0 Å². The van der Waals surface area contributed by atoms with Gasteiger partial charge in [-0.3, -0.25) is 19.3 Å². The van der Waals surface area contributed by atoms with E-state index in [9.17, 15) is 19.2 Å². The maximum Gasteiger partial charge on any atom is 0.357 e. The molecule has 42 heavy (non-hydrogen) atoms. The molecule has 1 unspecified atom stereocenters. The number of hydrogen-bond donors (Lipinski definition) is 2. The molecule has 3 amide bonds. The highest BCUT2D eigenvalue weighted by Gasteiger charge is 2.55. The van der Waals surface area contributed by atoms with Crippen LogP contribution in [0.1, 0.15) is 37.0 Å². The van der Waals surface area contributed by atoms with Crippen LogP contribution in [0.3, 0.4) is 0 Å². The third-order valence-electron chi connectivity index (χ3n) is 6.79. The zero-order valence-corrected chi connectivity index (χ0v) is 24.7. The second kappa shape index (κ2) is 13.8. The number of thioether (sulfide) groups is 2. The van der Waals surface area contributed by atoms with E-state index in [0.717, 1.165) is 16.0 Å². The lowest BCUT2D eigenvalue weighted by Gasteiger charge is -2.49. The molecule has 8 nitrogen and oxygen atoms in total. The van der Waals surface area contributed by atoms with E-state index >= 15 is 0 Å². The second-order valence-electron chi connectivity index (χ2n) is 9.79. The molecular weight excluding hydrogens is 571 g/mol. The van der Waals surface area contributed by atoms with E-state index in [1.807, 2.05) is 97.9 Å². The van der Waals surface area contributed by atoms with Gasteiger partial charge in [-0.15, -0.1) is 23.5 Å². The van der Waals surface area contributed by atoms with Gasteiger partial charge < -0.3 is 15.4 Å². The summed E-state index contributed by atoms with van der Waals surface area (Å²) in [6, 6.07) is 27.5. The van der Waals surface area contributed by atoms with E-state index in [0.29, 0.717) is 12.1 Å². The van der Waals surface area contributed by atoms with Crippen molar-refractivity contribution in [2.75, 3.05) is 11.5 Å². The van der Waals surface area contributed by atoms with Gasteiger partial charge in [-0.25, -0.2) is 4.79 Å². The van der Waals surface area contributed by atoms with Gasteiger partial charge in [-0.1, -0.05) is 85.8 Å². The molecule has 3 aromatic carbocycles. The van der Waals surface area contributed by atoms with Crippen LogP contribution >= 0.6 is 23.5 Å². The number of ether oxygens (including phenoxy) is 1. The van der Waals surface area contributed by atoms with E-state index in [4.69, 9.17) is 4.74 Å². The van der Waals surface area contributed by atoms with Crippen LogP contribution < -0.4 is 10.6 Å². The molecule has 0 radical (unpaired) electrons. The number of esters is 1. The van der Waals surface area contributed by atoms with Crippen molar-refractivity contribution in [2.45, 2.75) is 42.2 Å². The molecule has 0 aliphatic carbocycles. The zero-order valence-electron chi connectivity index (χ0n) is 23.0. The molecular formula is C32H31N3O5S2. The minimum absolute atomic E-state index is 0.00854. The van der Waals surface area contributed by atoms with Gasteiger partial charge in [0.2, 0.25) is 11.8 Å². The van der Waals surface area contributed by atoms with Crippen molar-refractivity contribution in [3.05, 3.63) is 114 Å². The summed E-state index contributed by atoms with van der Waals surface area (Å²) in [5.41, 5.74) is 1.88. The fourth-order valence-electron chi connectivity index (χ4n) is 4.79. The number of amides is 3. The number of fused-ring (bicyclic) bond motifs is 1. The third kappa shape index (κ3) is 6.71. The first kappa shape index (κ1) is 29.5. The predicted molar refractivity (Wildman–Crippen MR) is 163 cm³/mol. The molecule has 2 heterocycles. The average molecular weight is 602 g/mol. The second-order valence-corrected chi connectivity index (χ2v) is 11.9. The Labute approximate surface area is 253 Å². The van der Waals surface area contributed by atoms with Crippen LogP contribution in [0.2, 0.25) is 0 Å². The summed E-state index contributed by atoms with van der Waals surface area (Å²) in [6.07, 6.45) is 0.189. The molecule has 216 valence electrons. The minimum Gasteiger partial charge on any atom is -0.448 e. The normalized spacial score (nSPS) is 17.8. The predicted octanol–water partition coefficient (Wildman–Crippen LogP) is 4.64. The quantitative estimate of drug-likeness (QED) is 0.188. The Balaban J connectivity index is 1.37. The smallest absolute Gasteiger partial charge is 0.357 e. The number of benzene rings is 3. The SMILES string of the molecule is CCCC(=O)NC1=C(C(=O)OC(c2ccccc2)c2ccccc2)N2C(=O)C(NC(=O)CSc3ccccc3)[C@H]2SC1. The summed E-state index contributed by atoms with van der Waals surface area (Å²) in [5, 5.41) is 5.17. The molecule has 2 atom stereocenters. The topological polar surface area (TPSA) is 105 Å². The molecule has 0 spiro atoms. The summed E-state index contributed by atoms with van der Waals surface area (Å²) in [6.45, 7) is 1.89. The van der Waals surface area contributed by atoms with Gasteiger partial charge in [0.15, 0.2) is 11.8 Å². The lowest BCUT2D eigenvalue weighted by molar-refractivity contribution is -0.154. The van der Waals surface area contributed by atoms with Gasteiger partial charge in [-0.2, -0.15) is 0 Å². The molecule has 2 N–H and O–H groups in total. The van der Waals surface area contributed by atoms with Crippen LogP contribution in [-0.2, 0) is 23.9 Å². The lowest BCUT2D eigenvalue weighted by atomic mass is 10.0. The van der Waals surface area contributed by atoms with Crippen LogP contribution in [0.15, 0.2) is 107 Å². The Morgan fingerprint density at radius 1 is 0.929 bits per heavy atom. The van der Waals surface area contributed by atoms with Crippen LogP contribution in [0.4, 0.5) is 0 Å². The fraction of sp³-hybridized carbons (Fsp3) is 0.250. The lowest BCUT2D eigenvalue weighted by Crippen LogP contribution is -2.71. The van der Waals surface area contributed by atoms with Crippen molar-refractivity contribution in [1.82, 2.24) is 15.5 Å². The molecule has 0 saturated carbocycles. The summed E-state index contributed by atoms with van der Waals surface area (Å²) < 4.78 is 6.10. The van der Waals surface area contributed by atoms with E-state index in [-0.39, 0.29) is 35.4 Å². The molecule has 1 fully saturated rings. The molecule has 2 aliphatic heterocycles. The highest BCUT2D eigenvalue weighted by molar-refractivity contribution is 8.00. The summed E-state index contributed by atoms with van der Waals surface area (Å²) in [7, 11) is 0. The van der Waals surface area contributed by atoms with Gasteiger partial charge in [0.05, 0.1) is 11.4 Å². The van der Waals surface area contributed by atoms with Crippen molar-refractivity contribution >= 4 is 47.2 Å². The highest BCUT2D eigenvalue weighted by Crippen LogP contribution is 2.41. The standard InChI is InChI=1S/C32H31N3O5S2/c1-2-12-25(36)33-24-19-42-31-27(34-26(37)20-41-23-17-10-5-11-18-23)30(38)35(31)28(24)32(39)40-29(21-13-6-3-7-14-21)22-15-8-4-9-16-22/h3-11,13-18,27,29,31H,2,12,19-20H2,1H3,(H,33,36)(H,34,37)/t27?,31-/m1/s1. The van der Waals surface area contributed by atoms with Gasteiger partial charge in [0.1, 0.15) is 11.4 Å². The molecule has 10 heteroatoms. The third-order valence-corrected chi connectivity index (χ3v) is 9.08. The average Bonchev–Trinajstić information content (AvgIpc) is 3.02. The van der Waals surface area contributed by atoms with E-state index in [1.165, 1.54) is 28.4 Å². The Morgan fingerprint density at radius 3 is 2.12 bits per heavy atom. The highest BCUT2D eigenvalue weighted by atomic mass is 32.2. The van der Waals surface area contributed by atoms with Gasteiger partial charge >= 0.3 is 5.97 Å². The number of hydrogen-bond acceptors (Lipinski definition) is 7. The zero-order chi connectivity index (χ0) is 29.5. The van der Waals surface area contributed by atoms with Crippen molar-refractivity contribution in [1.29, 1.82) is 0 Å². The number of carbonyl (C=O) groups is 4. The fourth-order valence-corrected chi connectivity index (χ4v) is 6.80. The van der Waals surface area contributed by atoms with Crippen LogP contribution in [0.25, 0.3) is 0 Å². The minimum atomic E-state index is -0.784. The number of nitrogens with zero attached hydrogens (tertiary/aromatic N) is 1. The molecule has 2 aliphatic rings. The number of β-lactam (4-membered cyclic amide) rings is 1. The molecule has 1 saturated heterocycles. The Hall–Kier alpha value is -4.02. The number of rotatable bonds is 11. The molecule has 0 aromatic heterocycles. The van der Waals surface area contributed by atoms with Crippen LogP contribution in [0.5, 0.6) is 0 Å². The number of carbonyl (C=O) groups excluding carboxylic acids is 4. The van der Waals surface area contributed by atoms with E-state index < -0.39 is 29.4 Å². The number of nitrogens with one attached hydrogen (secondary N) is 2. The van der Waals surface area contributed by atoms with Crippen LogP contribution in [-0.4, -0.2) is 51.5 Å². The maximum atomic E-state index is 13.9. The first-order valence-corrected chi connectivity index (χ1v) is 15.8. The van der Waals surface area contributed by atoms with Crippen molar-refractivity contribution in [3.8, 4) is 0 Å². The molecule has 3 aromatic rings. The largest absolute Gasteiger partial charge is 0.448 e. The van der Waals surface area contributed by atoms with Crippen molar-refractivity contribution in [3.63, 3.8) is 0 Å². The summed E-state index contributed by atoms with van der Waals surface area (Å²) in [5.74, 6) is -1.22. The van der Waals surface area contributed by atoms with Crippen molar-refractivity contribution < 1.29 is 23.9 Å². The first-order chi connectivity index (χ1) is 20.5. The first-order valence-electron chi connectivity index (χ1n) is 13.7. The Kier molecular flexibility index (Phi) is 9.66. The Morgan fingerprint density at radius 2 is 1.52 bits per heavy atom. The molecule has 5 rings (SSSR count). The van der Waals surface area contributed by atoms with E-state index in [1.54, 1.807) is 0 Å².